The van der Waals surface area contributed by atoms with Crippen LogP contribution in [0.4, 0.5) is 11.4 Å². The van der Waals surface area contributed by atoms with Gasteiger partial charge in [0.2, 0.25) is 5.91 Å². The molecule has 2 aromatic carbocycles. The number of nitrogens with one attached hydrogen (secondary N) is 1. The van der Waals surface area contributed by atoms with Crippen LogP contribution in [0.25, 0.3) is 0 Å². The van der Waals surface area contributed by atoms with Crippen LogP contribution in [0.15, 0.2) is 48.5 Å². The Balaban J connectivity index is 1.48. The number of carbonyl (C=O) groups is 4. The Hall–Kier alpha value is -3.39. The molecule has 0 radical (unpaired) electrons. The predicted molar refractivity (Wildman–Crippen MR) is 114 cm³/mol. The first kappa shape index (κ1) is 22.3. The van der Waals surface area contributed by atoms with E-state index in [1.165, 1.54) is 17.0 Å². The first-order valence-corrected chi connectivity index (χ1v) is 10.0. The largest absolute Gasteiger partial charge is 0.462 e. The zero-order valence-electron chi connectivity index (χ0n) is 16.8. The molecular weight excluding hydrogens is 424 g/mol. The molecule has 2 amide bonds. The van der Waals surface area contributed by atoms with Crippen molar-refractivity contribution in [3.63, 3.8) is 0 Å². The van der Waals surface area contributed by atoms with E-state index in [-0.39, 0.29) is 25.5 Å². The number of ether oxygens (including phenoxy) is 2. The van der Waals surface area contributed by atoms with E-state index in [4.69, 9.17) is 21.1 Å². The molecule has 3 rings (SSSR count). The van der Waals surface area contributed by atoms with Crippen LogP contribution < -0.4 is 10.2 Å². The van der Waals surface area contributed by atoms with Crippen LogP contribution in [0, 0.1) is 5.92 Å². The molecule has 1 aliphatic rings. The van der Waals surface area contributed by atoms with Crippen LogP contribution in [-0.4, -0.2) is 43.5 Å². The van der Waals surface area contributed by atoms with Crippen LogP contribution in [-0.2, 0) is 23.9 Å². The minimum atomic E-state index is -0.664. The van der Waals surface area contributed by atoms with Gasteiger partial charge in [-0.1, -0.05) is 17.7 Å². The Morgan fingerprint density at radius 1 is 1.13 bits per heavy atom. The van der Waals surface area contributed by atoms with Gasteiger partial charge in [-0.3, -0.25) is 14.4 Å². The van der Waals surface area contributed by atoms with Crippen LogP contribution >= 0.6 is 11.6 Å². The molecule has 8 nitrogen and oxygen atoms in total. The third-order valence-corrected chi connectivity index (χ3v) is 4.84. The van der Waals surface area contributed by atoms with Crippen LogP contribution in [0.5, 0.6) is 0 Å². The third kappa shape index (κ3) is 5.82. The Morgan fingerprint density at radius 2 is 1.87 bits per heavy atom. The van der Waals surface area contributed by atoms with Crippen LogP contribution in [0.2, 0.25) is 5.02 Å². The highest BCUT2D eigenvalue weighted by Crippen LogP contribution is 2.27. The predicted octanol–water partition coefficient (Wildman–Crippen LogP) is 3.05. The van der Waals surface area contributed by atoms with Crippen molar-refractivity contribution in [2.45, 2.75) is 13.3 Å². The fourth-order valence-electron chi connectivity index (χ4n) is 3.11. The third-order valence-electron chi connectivity index (χ3n) is 4.60. The van der Waals surface area contributed by atoms with Crippen molar-refractivity contribution < 1.29 is 28.7 Å². The van der Waals surface area contributed by atoms with Crippen molar-refractivity contribution in [1.29, 1.82) is 0 Å². The molecule has 31 heavy (non-hydrogen) atoms. The molecule has 162 valence electrons. The molecule has 1 saturated heterocycles. The smallest absolute Gasteiger partial charge is 0.338 e. The fourth-order valence-corrected chi connectivity index (χ4v) is 3.30. The van der Waals surface area contributed by atoms with Gasteiger partial charge in [0.15, 0.2) is 6.61 Å². The molecule has 0 bridgehead atoms. The summed E-state index contributed by atoms with van der Waals surface area (Å²) < 4.78 is 9.97. The number of amides is 2. The molecule has 1 atom stereocenters. The molecule has 9 heteroatoms. The lowest BCUT2D eigenvalue weighted by molar-refractivity contribution is -0.151. The van der Waals surface area contributed by atoms with Crippen molar-refractivity contribution in [3.8, 4) is 0 Å². The number of anilines is 2. The first-order chi connectivity index (χ1) is 14.9. The highest BCUT2D eigenvalue weighted by atomic mass is 35.5. The van der Waals surface area contributed by atoms with Crippen LogP contribution in [0.1, 0.15) is 23.7 Å². The summed E-state index contributed by atoms with van der Waals surface area (Å²) in [5, 5.41) is 3.06. The molecule has 1 fully saturated rings. The lowest BCUT2D eigenvalue weighted by Crippen LogP contribution is -2.28. The Bertz CT molecular complexity index is 992. The van der Waals surface area contributed by atoms with Crippen molar-refractivity contribution in [3.05, 3.63) is 59.1 Å². The summed E-state index contributed by atoms with van der Waals surface area (Å²) >= 11 is 5.96. The van der Waals surface area contributed by atoms with E-state index in [2.05, 4.69) is 5.32 Å². The van der Waals surface area contributed by atoms with Gasteiger partial charge in [-0.25, -0.2) is 4.79 Å². The van der Waals surface area contributed by atoms with Crippen molar-refractivity contribution in [1.82, 2.24) is 0 Å². The van der Waals surface area contributed by atoms with Gasteiger partial charge in [0.05, 0.1) is 18.1 Å². The number of nitrogens with zero attached hydrogens (tertiary/aromatic N) is 1. The molecule has 1 N–H and O–H groups in total. The van der Waals surface area contributed by atoms with Gasteiger partial charge >= 0.3 is 11.9 Å². The van der Waals surface area contributed by atoms with Crippen molar-refractivity contribution >= 4 is 46.7 Å². The molecule has 0 aromatic heterocycles. The topological polar surface area (TPSA) is 102 Å². The Labute approximate surface area is 184 Å². The molecule has 1 aliphatic heterocycles. The number of hydrogen-bond donors (Lipinski definition) is 1. The molecule has 0 spiro atoms. The van der Waals surface area contributed by atoms with E-state index in [1.807, 2.05) is 0 Å². The maximum absolute atomic E-state index is 12.3. The molecule has 2 aromatic rings. The number of halogens is 1. The van der Waals surface area contributed by atoms with E-state index < -0.39 is 30.4 Å². The summed E-state index contributed by atoms with van der Waals surface area (Å²) in [6.45, 7) is 1.66. The van der Waals surface area contributed by atoms with Gasteiger partial charge in [0.1, 0.15) is 0 Å². The summed E-state index contributed by atoms with van der Waals surface area (Å²) in [5.74, 6) is -2.48. The molecule has 0 aliphatic carbocycles. The SMILES string of the molecule is CCOC(=O)c1ccc(NC(=O)COC(=O)[C@@H]2CC(=O)N(c3cccc(Cl)c3)C2)cc1. The molecular formula is C22H21ClN2O6. The summed E-state index contributed by atoms with van der Waals surface area (Å²) in [4.78, 5) is 49.8. The minimum absolute atomic E-state index is 0.00227. The van der Waals surface area contributed by atoms with E-state index >= 15 is 0 Å². The fraction of sp³-hybridized carbons (Fsp3) is 0.273. The lowest BCUT2D eigenvalue weighted by Gasteiger charge is -2.16. The quantitative estimate of drug-likeness (QED) is 0.658. The van der Waals surface area contributed by atoms with Gasteiger partial charge in [-0.15, -0.1) is 0 Å². The highest BCUT2D eigenvalue weighted by molar-refractivity contribution is 6.31. The van der Waals surface area contributed by atoms with Crippen LogP contribution in [0.3, 0.4) is 0 Å². The number of esters is 2. The average Bonchev–Trinajstić information content (AvgIpc) is 3.14. The van der Waals surface area contributed by atoms with Crippen molar-refractivity contribution in [2.24, 2.45) is 5.92 Å². The van der Waals surface area contributed by atoms with Gasteiger partial charge in [-0.2, -0.15) is 0 Å². The average molecular weight is 445 g/mol. The van der Waals surface area contributed by atoms with E-state index in [9.17, 15) is 19.2 Å². The monoisotopic (exact) mass is 444 g/mol. The summed E-state index contributed by atoms with van der Waals surface area (Å²) in [7, 11) is 0. The number of hydrogen-bond acceptors (Lipinski definition) is 6. The second kappa shape index (κ2) is 10.1. The zero-order valence-corrected chi connectivity index (χ0v) is 17.6. The van der Waals surface area contributed by atoms with E-state index in [1.54, 1.807) is 43.3 Å². The maximum atomic E-state index is 12.3. The van der Waals surface area contributed by atoms with Gasteiger partial charge < -0.3 is 19.7 Å². The van der Waals surface area contributed by atoms with Gasteiger partial charge in [-0.05, 0) is 49.4 Å². The van der Waals surface area contributed by atoms with E-state index in [0.29, 0.717) is 22.0 Å². The van der Waals surface area contributed by atoms with Gasteiger partial charge in [0.25, 0.3) is 5.91 Å². The standard InChI is InChI=1S/C22H21ClN2O6/c1-2-30-21(28)14-6-8-17(9-7-14)24-19(26)13-31-22(29)15-10-20(27)25(12-15)18-5-3-4-16(23)11-18/h3-9,11,15H,2,10,12-13H2,1H3,(H,24,26)/t15-/m1/s1. The lowest BCUT2D eigenvalue weighted by atomic mass is 10.1. The summed E-state index contributed by atoms with van der Waals surface area (Å²) in [6.07, 6.45) is 0.00227. The summed E-state index contributed by atoms with van der Waals surface area (Å²) in [5.41, 5.74) is 1.41. The zero-order chi connectivity index (χ0) is 22.4. The second-order valence-electron chi connectivity index (χ2n) is 6.84. The van der Waals surface area contributed by atoms with E-state index in [0.717, 1.165) is 0 Å². The Kier molecular flexibility index (Phi) is 7.25. The first-order valence-electron chi connectivity index (χ1n) is 9.67. The second-order valence-corrected chi connectivity index (χ2v) is 7.28. The molecule has 0 saturated carbocycles. The highest BCUT2D eigenvalue weighted by Gasteiger charge is 2.36. The minimum Gasteiger partial charge on any atom is -0.462 e. The normalized spacial score (nSPS) is 15.5. The molecule has 1 heterocycles. The molecule has 0 unspecified atom stereocenters. The Morgan fingerprint density at radius 3 is 2.55 bits per heavy atom. The summed E-state index contributed by atoms with van der Waals surface area (Å²) in [6, 6.07) is 12.9. The number of carbonyl (C=O) groups excluding carboxylic acids is 4. The maximum Gasteiger partial charge on any atom is 0.338 e. The number of benzene rings is 2. The number of rotatable bonds is 7. The van der Waals surface area contributed by atoms with Gasteiger partial charge in [0, 0.05) is 29.4 Å². The van der Waals surface area contributed by atoms with Crippen molar-refractivity contribution in [2.75, 3.05) is 30.0 Å².